The predicted molar refractivity (Wildman–Crippen MR) is 56.1 cm³/mol. The van der Waals surface area contributed by atoms with Crippen molar-refractivity contribution >= 4 is 29.8 Å². The van der Waals surface area contributed by atoms with Crippen LogP contribution in [0.15, 0.2) is 0 Å². The summed E-state index contributed by atoms with van der Waals surface area (Å²) in [6, 6.07) is 0. The van der Waals surface area contributed by atoms with Crippen LogP contribution >= 0.6 is 10.7 Å². The molecule has 5 nitrogen and oxygen atoms in total. The van der Waals surface area contributed by atoms with Crippen molar-refractivity contribution in [2.75, 3.05) is 5.75 Å². The summed E-state index contributed by atoms with van der Waals surface area (Å²) in [5.41, 5.74) is 0. The van der Waals surface area contributed by atoms with E-state index in [1.807, 2.05) is 0 Å². The molecule has 2 N–H and O–H groups in total. The Bertz CT molecular complexity index is 357. The molecule has 0 amide bonds. The summed E-state index contributed by atoms with van der Waals surface area (Å²) in [6.45, 7) is 1.77. The maximum Gasteiger partial charge on any atom is 0.235 e. The molecule has 0 radical (unpaired) electrons. The summed E-state index contributed by atoms with van der Waals surface area (Å²) in [6.07, 6.45) is 2.11. The van der Waals surface area contributed by atoms with Gasteiger partial charge in [0.25, 0.3) is 0 Å². The topological polar surface area (TPSA) is 94.3 Å². The minimum atomic E-state index is -3.17. The largest absolute Gasteiger partial charge is 0.235 e. The Morgan fingerprint density at radius 3 is 1.71 bits per heavy atom. The van der Waals surface area contributed by atoms with Crippen molar-refractivity contribution in [3.05, 3.63) is 0 Å². The quantitative estimate of drug-likeness (QED) is 0.746. The van der Waals surface area contributed by atoms with Gasteiger partial charge in [0.15, 0.2) is 0 Å². The molecule has 86 valence electrons. The smallest absolute Gasteiger partial charge is 0.229 e. The zero-order chi connectivity index (χ0) is 11.4. The lowest BCUT2D eigenvalue weighted by Gasteiger charge is -1.87. The van der Waals surface area contributed by atoms with Crippen molar-refractivity contribution in [1.82, 2.24) is 0 Å². The Morgan fingerprint density at radius 2 is 1.71 bits per heavy atom. The van der Waals surface area contributed by atoms with Gasteiger partial charge in [-0.05, 0) is 19.3 Å². The summed E-state index contributed by atoms with van der Waals surface area (Å²) in [5, 5.41) is 4.40. The number of hydrogen-bond acceptors (Lipinski definition) is 4. The lowest BCUT2D eigenvalue weighted by atomic mass is 10.6. The molecule has 1 aliphatic carbocycles. The molecule has 0 heterocycles. The third kappa shape index (κ3) is 8.74. The van der Waals surface area contributed by atoms with Crippen molar-refractivity contribution < 1.29 is 16.8 Å². The molecule has 0 aromatic heterocycles. The van der Waals surface area contributed by atoms with E-state index in [0.29, 0.717) is 6.42 Å². The average molecular weight is 264 g/mol. The first-order valence-corrected chi connectivity index (χ1v) is 8.19. The summed E-state index contributed by atoms with van der Waals surface area (Å²) in [4.78, 5) is 0. The number of rotatable bonds is 3. The molecule has 0 spiro atoms. The summed E-state index contributed by atoms with van der Waals surface area (Å²) in [7, 11) is -1.43. The van der Waals surface area contributed by atoms with Crippen LogP contribution in [0, 0.1) is 0 Å². The van der Waals surface area contributed by atoms with Gasteiger partial charge in [0, 0.05) is 10.7 Å². The van der Waals surface area contributed by atoms with E-state index < -0.39 is 19.1 Å². The van der Waals surface area contributed by atoms with E-state index in [-0.39, 0.29) is 11.0 Å². The van der Waals surface area contributed by atoms with Crippen molar-refractivity contribution in [3.63, 3.8) is 0 Å². The molecule has 0 aromatic carbocycles. The predicted octanol–water partition coefficient (Wildman–Crippen LogP) is 0.402. The number of primary sulfonamides is 1. The zero-order valence-electron chi connectivity index (χ0n) is 7.81. The molecule has 14 heavy (non-hydrogen) atoms. The lowest BCUT2D eigenvalue weighted by molar-refractivity contribution is 0.596. The highest BCUT2D eigenvalue weighted by Gasteiger charge is 2.33. The number of halogens is 1. The normalized spacial score (nSPS) is 17.1. The van der Waals surface area contributed by atoms with Gasteiger partial charge in [-0.15, -0.1) is 0 Å². The maximum absolute atomic E-state index is 10.2. The number of nitrogens with two attached hydrogens (primary N) is 1. The molecule has 8 heteroatoms. The van der Waals surface area contributed by atoms with Gasteiger partial charge in [-0.3, -0.25) is 0 Å². The van der Waals surface area contributed by atoms with Gasteiger partial charge in [-0.2, -0.15) is 0 Å². The van der Waals surface area contributed by atoms with E-state index in [1.165, 1.54) is 0 Å². The van der Waals surface area contributed by atoms with Crippen LogP contribution in [0.3, 0.4) is 0 Å². The van der Waals surface area contributed by atoms with Gasteiger partial charge in [0.05, 0.1) is 11.0 Å². The molecule has 0 aliphatic heterocycles. The van der Waals surface area contributed by atoms with Gasteiger partial charge in [0.1, 0.15) is 0 Å². The number of sulfonamides is 1. The van der Waals surface area contributed by atoms with Crippen LogP contribution in [-0.4, -0.2) is 27.8 Å². The first-order chi connectivity index (χ1) is 6.17. The number of hydrogen-bond donors (Lipinski definition) is 1. The first kappa shape index (κ1) is 14.2. The van der Waals surface area contributed by atoms with Crippen LogP contribution in [0.25, 0.3) is 0 Å². The van der Waals surface area contributed by atoms with Crippen LogP contribution < -0.4 is 5.14 Å². The Morgan fingerprint density at radius 1 is 1.29 bits per heavy atom. The fourth-order valence-electron chi connectivity index (χ4n) is 0.634. The molecule has 0 bridgehead atoms. The van der Waals surface area contributed by atoms with E-state index in [9.17, 15) is 16.8 Å². The van der Waals surface area contributed by atoms with E-state index in [2.05, 4.69) is 5.14 Å². The summed E-state index contributed by atoms with van der Waals surface area (Å²) < 4.78 is 40.3. The van der Waals surface area contributed by atoms with Gasteiger partial charge < -0.3 is 0 Å². The van der Waals surface area contributed by atoms with Crippen LogP contribution in [0.1, 0.15) is 26.2 Å². The standard InChI is InChI=1S/C3H5ClO2S.C3H9NO2S/c4-7(5,6)3-1-2-3;1-2-3-7(4,5)6/h3H,1-2H2;2-3H2,1H3,(H2,4,5,6). The van der Waals surface area contributed by atoms with E-state index in [0.717, 1.165) is 12.8 Å². The third-order valence-electron chi connectivity index (χ3n) is 1.41. The van der Waals surface area contributed by atoms with Crippen molar-refractivity contribution in [2.24, 2.45) is 5.14 Å². The van der Waals surface area contributed by atoms with Crippen LogP contribution in [0.2, 0.25) is 0 Å². The minimum absolute atomic E-state index is 0.0903. The highest BCUT2D eigenvalue weighted by Crippen LogP contribution is 2.30. The van der Waals surface area contributed by atoms with E-state index >= 15 is 0 Å². The van der Waals surface area contributed by atoms with Gasteiger partial charge >= 0.3 is 0 Å². The SMILES string of the molecule is CCCS(N)(=O)=O.O=S(=O)(Cl)C1CC1. The molecular formula is C6H14ClNO4S2. The van der Waals surface area contributed by atoms with E-state index in [1.54, 1.807) is 6.92 Å². The molecule has 0 saturated heterocycles. The lowest BCUT2D eigenvalue weighted by Crippen LogP contribution is -2.15. The van der Waals surface area contributed by atoms with Gasteiger partial charge in [-0.25, -0.2) is 22.0 Å². The Hall–Kier alpha value is 0.150. The van der Waals surface area contributed by atoms with Crippen molar-refractivity contribution in [2.45, 2.75) is 31.4 Å². The van der Waals surface area contributed by atoms with Gasteiger partial charge in [-0.1, -0.05) is 6.92 Å². The third-order valence-corrected chi connectivity index (χ3v) is 4.41. The second kappa shape index (κ2) is 5.29. The van der Waals surface area contributed by atoms with Gasteiger partial charge in [0.2, 0.25) is 19.1 Å². The molecule has 0 unspecified atom stereocenters. The van der Waals surface area contributed by atoms with Crippen LogP contribution in [0.4, 0.5) is 0 Å². The Balaban J connectivity index is 0.000000241. The molecule has 1 rings (SSSR count). The molecule has 1 saturated carbocycles. The summed E-state index contributed by atoms with van der Waals surface area (Å²) in [5.74, 6) is 0.0903. The Labute approximate surface area is 89.1 Å². The summed E-state index contributed by atoms with van der Waals surface area (Å²) >= 11 is 0. The molecule has 1 fully saturated rings. The molecule has 0 aromatic rings. The fraction of sp³-hybridized carbons (Fsp3) is 1.00. The minimum Gasteiger partial charge on any atom is -0.229 e. The van der Waals surface area contributed by atoms with Crippen molar-refractivity contribution in [1.29, 1.82) is 0 Å². The molecular weight excluding hydrogens is 250 g/mol. The fourth-order valence-corrected chi connectivity index (χ4v) is 2.44. The molecule has 1 aliphatic rings. The first-order valence-electron chi connectivity index (χ1n) is 4.10. The Kier molecular flexibility index (Phi) is 5.35. The maximum atomic E-state index is 10.2. The van der Waals surface area contributed by atoms with E-state index in [4.69, 9.17) is 10.7 Å². The highest BCUT2D eigenvalue weighted by atomic mass is 35.7. The highest BCUT2D eigenvalue weighted by molar-refractivity contribution is 8.14. The molecule has 0 atom stereocenters. The average Bonchev–Trinajstić information content (AvgIpc) is 2.61. The van der Waals surface area contributed by atoms with Crippen LogP contribution in [0.5, 0.6) is 0 Å². The van der Waals surface area contributed by atoms with Crippen molar-refractivity contribution in [3.8, 4) is 0 Å². The monoisotopic (exact) mass is 263 g/mol. The van der Waals surface area contributed by atoms with Crippen LogP contribution in [-0.2, 0) is 19.1 Å². The second-order valence-corrected chi connectivity index (χ2v) is 7.68. The zero-order valence-corrected chi connectivity index (χ0v) is 10.2. The second-order valence-electron chi connectivity index (χ2n) is 3.04.